The molecule has 0 saturated heterocycles. The van der Waals surface area contributed by atoms with Crippen molar-refractivity contribution < 1.29 is 4.74 Å². The van der Waals surface area contributed by atoms with Crippen molar-refractivity contribution in [1.29, 1.82) is 0 Å². The summed E-state index contributed by atoms with van der Waals surface area (Å²) < 4.78 is 5.43. The predicted octanol–water partition coefficient (Wildman–Crippen LogP) is 5.27. The molecular formula is C20H21N3OS. The molecule has 0 atom stereocenters. The highest BCUT2D eigenvalue weighted by atomic mass is 32.1. The minimum atomic E-state index is 0.669. The van der Waals surface area contributed by atoms with E-state index in [-0.39, 0.29) is 0 Å². The summed E-state index contributed by atoms with van der Waals surface area (Å²) in [6.07, 6.45) is 1.77. The molecule has 2 aromatic carbocycles. The molecule has 0 aliphatic carbocycles. The Kier molecular flexibility index (Phi) is 5.46. The van der Waals surface area contributed by atoms with Crippen molar-refractivity contribution >= 4 is 22.7 Å². The molecule has 25 heavy (non-hydrogen) atoms. The van der Waals surface area contributed by atoms with Crippen molar-refractivity contribution in [2.45, 2.75) is 20.8 Å². The van der Waals surface area contributed by atoms with E-state index in [2.05, 4.69) is 47.6 Å². The molecule has 1 aromatic heterocycles. The Hall–Kier alpha value is -2.66. The van der Waals surface area contributed by atoms with Crippen molar-refractivity contribution in [2.24, 2.45) is 5.10 Å². The van der Waals surface area contributed by atoms with Crippen molar-refractivity contribution in [3.63, 3.8) is 0 Å². The molecule has 0 aliphatic rings. The second kappa shape index (κ2) is 7.94. The van der Waals surface area contributed by atoms with Crippen LogP contribution in [0.1, 0.15) is 23.6 Å². The van der Waals surface area contributed by atoms with Gasteiger partial charge in [0.1, 0.15) is 5.75 Å². The maximum absolute atomic E-state index is 5.43. The quantitative estimate of drug-likeness (QED) is 0.486. The van der Waals surface area contributed by atoms with Gasteiger partial charge in [-0.25, -0.2) is 4.98 Å². The fraction of sp³-hybridized carbons (Fsp3) is 0.200. The smallest absolute Gasteiger partial charge is 0.203 e. The molecule has 0 bridgehead atoms. The van der Waals surface area contributed by atoms with E-state index in [4.69, 9.17) is 4.74 Å². The summed E-state index contributed by atoms with van der Waals surface area (Å²) in [4.78, 5) is 4.59. The van der Waals surface area contributed by atoms with E-state index < -0.39 is 0 Å². The van der Waals surface area contributed by atoms with E-state index in [1.54, 1.807) is 17.6 Å². The van der Waals surface area contributed by atoms with E-state index in [9.17, 15) is 0 Å². The summed E-state index contributed by atoms with van der Waals surface area (Å²) in [6.45, 7) is 6.87. The number of ether oxygens (including phenoxy) is 1. The van der Waals surface area contributed by atoms with Crippen LogP contribution in [0.3, 0.4) is 0 Å². The molecule has 3 rings (SSSR count). The number of hydrogen-bond acceptors (Lipinski definition) is 5. The van der Waals surface area contributed by atoms with Gasteiger partial charge < -0.3 is 4.74 Å². The molecule has 0 saturated carbocycles. The summed E-state index contributed by atoms with van der Waals surface area (Å²) in [6, 6.07) is 14.2. The molecular weight excluding hydrogens is 330 g/mol. The number of thiazole rings is 1. The summed E-state index contributed by atoms with van der Waals surface area (Å²) in [5.41, 5.74) is 8.65. The van der Waals surface area contributed by atoms with Crippen LogP contribution in [0.2, 0.25) is 0 Å². The minimum Gasteiger partial charge on any atom is -0.494 e. The van der Waals surface area contributed by atoms with Gasteiger partial charge in [-0.15, -0.1) is 11.3 Å². The first kappa shape index (κ1) is 17.2. The van der Waals surface area contributed by atoms with Crippen LogP contribution < -0.4 is 10.2 Å². The Balaban J connectivity index is 1.64. The highest BCUT2D eigenvalue weighted by Crippen LogP contribution is 2.26. The summed E-state index contributed by atoms with van der Waals surface area (Å²) in [7, 11) is 0. The average Bonchev–Trinajstić information content (AvgIpc) is 3.08. The highest BCUT2D eigenvalue weighted by Gasteiger charge is 2.05. The third-order valence-electron chi connectivity index (χ3n) is 3.87. The van der Waals surface area contributed by atoms with Gasteiger partial charge in [-0.05, 0) is 67.8 Å². The van der Waals surface area contributed by atoms with Crippen LogP contribution in [0.15, 0.2) is 52.9 Å². The zero-order chi connectivity index (χ0) is 17.6. The van der Waals surface area contributed by atoms with Gasteiger partial charge >= 0.3 is 0 Å². The molecule has 0 fully saturated rings. The van der Waals surface area contributed by atoms with E-state index >= 15 is 0 Å². The number of benzene rings is 2. The number of anilines is 1. The van der Waals surface area contributed by atoms with Gasteiger partial charge in [-0.2, -0.15) is 5.10 Å². The monoisotopic (exact) mass is 351 g/mol. The zero-order valence-corrected chi connectivity index (χ0v) is 15.4. The van der Waals surface area contributed by atoms with Crippen LogP contribution in [0.5, 0.6) is 5.75 Å². The predicted molar refractivity (Wildman–Crippen MR) is 106 cm³/mol. The summed E-state index contributed by atoms with van der Waals surface area (Å²) >= 11 is 1.54. The number of hydrogen-bond donors (Lipinski definition) is 1. The standard InChI is InChI=1S/C20H21N3OS/c1-4-24-18-9-6-16(7-10-18)12-21-23-20-22-19(13-25-20)17-8-5-14(2)15(3)11-17/h5-13H,4H2,1-3H3,(H,22,23)/b21-12-. The normalized spacial score (nSPS) is 11.0. The SMILES string of the molecule is CCOc1ccc(/C=N\Nc2nc(-c3ccc(C)c(C)c3)cs2)cc1. The Morgan fingerprint density at radius 3 is 2.64 bits per heavy atom. The lowest BCUT2D eigenvalue weighted by molar-refractivity contribution is 0.340. The molecule has 0 radical (unpaired) electrons. The lowest BCUT2D eigenvalue weighted by atomic mass is 10.1. The van der Waals surface area contributed by atoms with Crippen LogP contribution in [0, 0.1) is 13.8 Å². The Labute approximate surface area is 152 Å². The van der Waals surface area contributed by atoms with Crippen LogP contribution in [-0.2, 0) is 0 Å². The van der Waals surface area contributed by atoms with Gasteiger partial charge in [0.2, 0.25) is 5.13 Å². The Morgan fingerprint density at radius 1 is 1.12 bits per heavy atom. The largest absolute Gasteiger partial charge is 0.494 e. The number of aryl methyl sites for hydroxylation is 2. The number of nitrogens with zero attached hydrogens (tertiary/aromatic N) is 2. The molecule has 0 unspecified atom stereocenters. The second-order valence-corrected chi connectivity index (χ2v) is 6.57. The highest BCUT2D eigenvalue weighted by molar-refractivity contribution is 7.14. The fourth-order valence-corrected chi connectivity index (χ4v) is 3.01. The van der Waals surface area contributed by atoms with Gasteiger partial charge in [0.25, 0.3) is 0 Å². The van der Waals surface area contributed by atoms with E-state index in [0.717, 1.165) is 27.7 Å². The van der Waals surface area contributed by atoms with Crippen molar-refractivity contribution in [1.82, 2.24) is 4.98 Å². The molecule has 0 spiro atoms. The molecule has 5 heteroatoms. The van der Waals surface area contributed by atoms with Gasteiger partial charge in [0.15, 0.2) is 0 Å². The maximum Gasteiger partial charge on any atom is 0.203 e. The minimum absolute atomic E-state index is 0.669. The molecule has 3 aromatic rings. The van der Waals surface area contributed by atoms with E-state index in [1.165, 1.54) is 11.1 Å². The first-order valence-electron chi connectivity index (χ1n) is 8.21. The van der Waals surface area contributed by atoms with E-state index in [0.29, 0.717) is 6.61 Å². The Morgan fingerprint density at radius 2 is 1.92 bits per heavy atom. The van der Waals surface area contributed by atoms with Crippen LogP contribution in [0.4, 0.5) is 5.13 Å². The summed E-state index contributed by atoms with van der Waals surface area (Å²) in [5, 5.41) is 7.07. The average molecular weight is 351 g/mol. The molecule has 1 heterocycles. The maximum atomic E-state index is 5.43. The Bertz CT molecular complexity index is 869. The van der Waals surface area contributed by atoms with Crippen molar-refractivity contribution in [3.8, 4) is 17.0 Å². The van der Waals surface area contributed by atoms with Crippen molar-refractivity contribution in [3.05, 3.63) is 64.5 Å². The lowest BCUT2D eigenvalue weighted by Gasteiger charge is -2.02. The molecule has 1 N–H and O–H groups in total. The number of rotatable bonds is 6. The molecule has 0 amide bonds. The van der Waals surface area contributed by atoms with Crippen LogP contribution in [-0.4, -0.2) is 17.8 Å². The van der Waals surface area contributed by atoms with E-state index in [1.807, 2.05) is 36.6 Å². The second-order valence-electron chi connectivity index (χ2n) is 5.71. The number of hydrazone groups is 1. The number of aromatic nitrogens is 1. The molecule has 128 valence electrons. The van der Waals surface area contributed by atoms with Gasteiger partial charge in [0, 0.05) is 10.9 Å². The summed E-state index contributed by atoms with van der Waals surface area (Å²) in [5.74, 6) is 0.866. The number of nitrogens with one attached hydrogen (secondary N) is 1. The lowest BCUT2D eigenvalue weighted by Crippen LogP contribution is -1.92. The third-order valence-corrected chi connectivity index (χ3v) is 4.62. The van der Waals surface area contributed by atoms with Gasteiger partial charge in [-0.1, -0.05) is 12.1 Å². The van der Waals surface area contributed by atoms with Gasteiger partial charge in [0.05, 0.1) is 18.5 Å². The fourth-order valence-electron chi connectivity index (χ4n) is 2.34. The molecule has 0 aliphatic heterocycles. The van der Waals surface area contributed by atoms with Gasteiger partial charge in [-0.3, -0.25) is 5.43 Å². The van der Waals surface area contributed by atoms with Crippen LogP contribution >= 0.6 is 11.3 Å². The third kappa shape index (κ3) is 4.45. The first-order valence-corrected chi connectivity index (χ1v) is 9.09. The van der Waals surface area contributed by atoms with Crippen LogP contribution in [0.25, 0.3) is 11.3 Å². The molecule has 4 nitrogen and oxygen atoms in total. The zero-order valence-electron chi connectivity index (χ0n) is 14.6. The van der Waals surface area contributed by atoms with Crippen molar-refractivity contribution in [2.75, 3.05) is 12.0 Å². The first-order chi connectivity index (χ1) is 12.2. The topological polar surface area (TPSA) is 46.5 Å².